The molecule has 5 heteroatoms. The molecule has 3 aromatic rings. The monoisotopic (exact) mass is 292 g/mol. The van der Waals surface area contributed by atoms with Gasteiger partial charge in [-0.1, -0.05) is 29.4 Å². The van der Waals surface area contributed by atoms with Gasteiger partial charge in [0.15, 0.2) is 11.5 Å². The molecule has 22 heavy (non-hydrogen) atoms. The highest BCUT2D eigenvalue weighted by atomic mass is 16.5. The SMILES string of the molecule is CCNC(=O)c1ccc2c3c(onc13)-c1ccccc1C2=O. The zero-order chi connectivity index (χ0) is 15.3. The molecule has 1 amide bonds. The normalized spacial score (nSPS) is 12.3. The number of aromatic nitrogens is 1. The molecule has 0 spiro atoms. The van der Waals surface area contributed by atoms with Gasteiger partial charge in [0.2, 0.25) is 0 Å². The van der Waals surface area contributed by atoms with E-state index in [1.807, 2.05) is 25.1 Å². The Kier molecular flexibility index (Phi) is 2.63. The van der Waals surface area contributed by atoms with Gasteiger partial charge in [-0.3, -0.25) is 9.59 Å². The second kappa shape index (κ2) is 4.53. The number of hydrogen-bond donors (Lipinski definition) is 1. The number of ketones is 1. The molecule has 1 aliphatic rings. The first-order valence-electron chi connectivity index (χ1n) is 7.07. The Morgan fingerprint density at radius 1 is 1.14 bits per heavy atom. The summed E-state index contributed by atoms with van der Waals surface area (Å²) in [6.45, 7) is 2.37. The Morgan fingerprint density at radius 3 is 2.68 bits per heavy atom. The van der Waals surface area contributed by atoms with E-state index >= 15 is 0 Å². The van der Waals surface area contributed by atoms with Crippen molar-refractivity contribution in [1.29, 1.82) is 0 Å². The summed E-state index contributed by atoms with van der Waals surface area (Å²) in [5, 5.41) is 7.40. The van der Waals surface area contributed by atoms with Crippen molar-refractivity contribution in [2.75, 3.05) is 6.54 Å². The van der Waals surface area contributed by atoms with Crippen LogP contribution in [0.25, 0.3) is 22.2 Å². The van der Waals surface area contributed by atoms with Crippen molar-refractivity contribution in [1.82, 2.24) is 10.5 Å². The molecule has 0 radical (unpaired) electrons. The van der Waals surface area contributed by atoms with Crippen molar-refractivity contribution in [2.45, 2.75) is 6.92 Å². The lowest BCUT2D eigenvalue weighted by atomic mass is 9.87. The summed E-state index contributed by atoms with van der Waals surface area (Å²) in [5.74, 6) is 0.255. The summed E-state index contributed by atoms with van der Waals surface area (Å²) in [7, 11) is 0. The van der Waals surface area contributed by atoms with Crippen LogP contribution in [-0.4, -0.2) is 23.4 Å². The minimum absolute atomic E-state index is 0.0706. The predicted octanol–water partition coefficient (Wildman–Crippen LogP) is 2.79. The van der Waals surface area contributed by atoms with Crippen molar-refractivity contribution in [3.05, 3.63) is 53.1 Å². The standard InChI is InChI=1S/C17H12N2O3/c1-2-18-17(21)12-8-7-11-13-14(12)19-22-16(13)10-6-4-3-5-9(10)15(11)20/h3-8H,2H2,1H3,(H,18,21). The van der Waals surface area contributed by atoms with Crippen LogP contribution in [0.15, 0.2) is 40.9 Å². The van der Waals surface area contributed by atoms with Gasteiger partial charge in [0.05, 0.1) is 10.9 Å². The van der Waals surface area contributed by atoms with Crippen LogP contribution >= 0.6 is 0 Å². The maximum Gasteiger partial charge on any atom is 0.253 e. The van der Waals surface area contributed by atoms with Crippen LogP contribution in [0.1, 0.15) is 33.2 Å². The van der Waals surface area contributed by atoms with E-state index in [2.05, 4.69) is 10.5 Å². The zero-order valence-corrected chi connectivity index (χ0v) is 11.8. The Labute approximate surface area is 125 Å². The molecule has 4 rings (SSSR count). The molecular formula is C17H12N2O3. The average molecular weight is 292 g/mol. The van der Waals surface area contributed by atoms with Crippen LogP contribution in [0.3, 0.4) is 0 Å². The smallest absolute Gasteiger partial charge is 0.253 e. The van der Waals surface area contributed by atoms with Gasteiger partial charge in [-0.2, -0.15) is 0 Å². The summed E-state index contributed by atoms with van der Waals surface area (Å²) in [5.41, 5.74) is 2.69. The van der Waals surface area contributed by atoms with Crippen LogP contribution in [0, 0.1) is 0 Å². The van der Waals surface area contributed by atoms with Gasteiger partial charge < -0.3 is 9.84 Å². The van der Waals surface area contributed by atoms with Gasteiger partial charge in [-0.15, -0.1) is 0 Å². The van der Waals surface area contributed by atoms with Gasteiger partial charge in [-0.25, -0.2) is 0 Å². The fourth-order valence-electron chi connectivity index (χ4n) is 2.89. The Hall–Kier alpha value is -2.95. The van der Waals surface area contributed by atoms with E-state index in [-0.39, 0.29) is 11.7 Å². The fraction of sp³-hybridized carbons (Fsp3) is 0.118. The van der Waals surface area contributed by atoms with Crippen molar-refractivity contribution in [3.8, 4) is 11.3 Å². The Balaban J connectivity index is 2.05. The molecular weight excluding hydrogens is 280 g/mol. The van der Waals surface area contributed by atoms with E-state index in [0.29, 0.717) is 39.9 Å². The molecule has 108 valence electrons. The van der Waals surface area contributed by atoms with Gasteiger partial charge in [0.25, 0.3) is 5.91 Å². The van der Waals surface area contributed by atoms with Crippen molar-refractivity contribution in [2.24, 2.45) is 0 Å². The third-order valence-electron chi connectivity index (χ3n) is 3.88. The third kappa shape index (κ3) is 1.56. The average Bonchev–Trinajstić information content (AvgIpc) is 2.98. The van der Waals surface area contributed by atoms with Crippen LogP contribution in [0.4, 0.5) is 0 Å². The molecule has 0 saturated heterocycles. The first-order chi connectivity index (χ1) is 10.7. The summed E-state index contributed by atoms with van der Waals surface area (Å²) >= 11 is 0. The highest BCUT2D eigenvalue weighted by Gasteiger charge is 2.30. The number of benzene rings is 2. The van der Waals surface area contributed by atoms with Gasteiger partial charge in [-0.05, 0) is 19.1 Å². The lowest BCUT2D eigenvalue weighted by Crippen LogP contribution is -2.23. The number of nitrogens with one attached hydrogen (secondary N) is 1. The largest absolute Gasteiger partial charge is 0.355 e. The summed E-state index contributed by atoms with van der Waals surface area (Å²) < 4.78 is 5.46. The number of hydrogen-bond acceptors (Lipinski definition) is 4. The van der Waals surface area contributed by atoms with E-state index in [1.54, 1.807) is 18.2 Å². The molecule has 5 nitrogen and oxygen atoms in total. The Bertz CT molecular complexity index is 940. The molecule has 1 N–H and O–H groups in total. The molecule has 2 aromatic carbocycles. The molecule has 0 fully saturated rings. The maximum absolute atomic E-state index is 12.6. The second-order valence-electron chi connectivity index (χ2n) is 5.13. The topological polar surface area (TPSA) is 72.2 Å². The Morgan fingerprint density at radius 2 is 1.91 bits per heavy atom. The highest BCUT2D eigenvalue weighted by Crippen LogP contribution is 2.40. The van der Waals surface area contributed by atoms with Gasteiger partial charge >= 0.3 is 0 Å². The predicted molar refractivity (Wildman–Crippen MR) is 80.9 cm³/mol. The first-order valence-corrected chi connectivity index (χ1v) is 7.07. The molecule has 0 bridgehead atoms. The summed E-state index contributed by atoms with van der Waals surface area (Å²) in [4.78, 5) is 24.8. The van der Waals surface area contributed by atoms with E-state index in [0.717, 1.165) is 5.56 Å². The van der Waals surface area contributed by atoms with E-state index in [4.69, 9.17) is 4.52 Å². The van der Waals surface area contributed by atoms with E-state index < -0.39 is 0 Å². The van der Waals surface area contributed by atoms with Crippen molar-refractivity contribution < 1.29 is 14.1 Å². The minimum Gasteiger partial charge on any atom is -0.355 e. The second-order valence-corrected chi connectivity index (χ2v) is 5.13. The quantitative estimate of drug-likeness (QED) is 0.616. The van der Waals surface area contributed by atoms with Crippen LogP contribution in [-0.2, 0) is 0 Å². The van der Waals surface area contributed by atoms with Crippen LogP contribution < -0.4 is 5.32 Å². The molecule has 0 unspecified atom stereocenters. The molecule has 1 heterocycles. The van der Waals surface area contributed by atoms with Crippen LogP contribution in [0.5, 0.6) is 0 Å². The fourth-order valence-corrected chi connectivity index (χ4v) is 2.89. The van der Waals surface area contributed by atoms with Crippen LogP contribution in [0.2, 0.25) is 0 Å². The number of carbonyl (C=O) groups excluding carboxylic acids is 2. The zero-order valence-electron chi connectivity index (χ0n) is 11.8. The summed E-state index contributed by atoms with van der Waals surface area (Å²) in [6.07, 6.45) is 0. The van der Waals surface area contributed by atoms with Gasteiger partial charge in [0, 0.05) is 23.2 Å². The van der Waals surface area contributed by atoms with Gasteiger partial charge in [0.1, 0.15) is 5.52 Å². The lowest BCUT2D eigenvalue weighted by Gasteiger charge is -2.14. The summed E-state index contributed by atoms with van der Waals surface area (Å²) in [6, 6.07) is 10.6. The van der Waals surface area contributed by atoms with E-state index in [1.165, 1.54) is 0 Å². The molecule has 0 saturated carbocycles. The van der Waals surface area contributed by atoms with E-state index in [9.17, 15) is 9.59 Å². The molecule has 1 aromatic heterocycles. The number of rotatable bonds is 2. The first kappa shape index (κ1) is 12.8. The van der Waals surface area contributed by atoms with Crippen molar-refractivity contribution in [3.63, 3.8) is 0 Å². The molecule has 1 aliphatic carbocycles. The number of fused-ring (bicyclic) bond motifs is 2. The number of carbonyl (C=O) groups is 2. The molecule has 0 atom stereocenters. The number of amides is 1. The van der Waals surface area contributed by atoms with Crippen molar-refractivity contribution >= 4 is 22.6 Å². The number of nitrogens with zero attached hydrogens (tertiary/aromatic N) is 1. The lowest BCUT2D eigenvalue weighted by molar-refractivity contribution is 0.0955. The maximum atomic E-state index is 12.6. The minimum atomic E-state index is -0.222. The third-order valence-corrected chi connectivity index (χ3v) is 3.88. The molecule has 0 aliphatic heterocycles. The highest BCUT2D eigenvalue weighted by molar-refractivity contribution is 6.26.